The van der Waals surface area contributed by atoms with Gasteiger partial charge in [0.1, 0.15) is 0 Å². The van der Waals surface area contributed by atoms with E-state index in [2.05, 4.69) is 22.3 Å². The number of ether oxygens (including phenoxy) is 1. The Morgan fingerprint density at radius 3 is 2.95 bits per heavy atom. The summed E-state index contributed by atoms with van der Waals surface area (Å²) in [6.45, 7) is 6.40. The maximum Gasteiger partial charge on any atom is 0.255 e. The van der Waals surface area contributed by atoms with E-state index in [-0.39, 0.29) is 5.91 Å². The van der Waals surface area contributed by atoms with Crippen molar-refractivity contribution in [3.8, 4) is 11.8 Å². The lowest BCUT2D eigenvalue weighted by molar-refractivity contribution is 0.0833. The van der Waals surface area contributed by atoms with Crippen LogP contribution in [0.15, 0.2) is 6.20 Å². The Balaban J connectivity index is 2.18. The number of carbonyl (C=O) groups is 1. The molecule has 0 radical (unpaired) electrons. The predicted molar refractivity (Wildman–Crippen MR) is 76.5 cm³/mol. The van der Waals surface area contributed by atoms with Crippen LogP contribution in [0.1, 0.15) is 48.7 Å². The number of nitrogens with one attached hydrogen (secondary N) is 1. The van der Waals surface area contributed by atoms with Crippen LogP contribution in [0.25, 0.3) is 0 Å². The molecule has 1 fully saturated rings. The first-order valence-electron chi connectivity index (χ1n) is 7.09. The zero-order valence-corrected chi connectivity index (χ0v) is 12.1. The van der Waals surface area contributed by atoms with E-state index >= 15 is 0 Å². The zero-order valence-electron chi connectivity index (χ0n) is 12.1. The van der Waals surface area contributed by atoms with Crippen LogP contribution in [0.2, 0.25) is 0 Å². The van der Waals surface area contributed by atoms with Gasteiger partial charge in [-0.05, 0) is 26.7 Å². The van der Waals surface area contributed by atoms with E-state index < -0.39 is 0 Å². The average molecular weight is 275 g/mol. The number of aromatic nitrogens is 2. The molecule has 1 aromatic heterocycles. The molecular weight excluding hydrogens is 254 g/mol. The van der Waals surface area contributed by atoms with Crippen LogP contribution in [-0.4, -0.2) is 35.4 Å². The highest BCUT2D eigenvalue weighted by Gasteiger charge is 2.25. The van der Waals surface area contributed by atoms with Crippen LogP contribution in [0.4, 0.5) is 0 Å². The molecule has 0 bridgehead atoms. The van der Waals surface area contributed by atoms with Crippen LogP contribution < -0.4 is 5.32 Å². The largest absolute Gasteiger partial charge is 0.381 e. The number of carbonyl (C=O) groups excluding carboxylic acids is 1. The summed E-state index contributed by atoms with van der Waals surface area (Å²) in [5, 5.41) is 7.39. The second kappa shape index (κ2) is 7.11. The van der Waals surface area contributed by atoms with Gasteiger partial charge in [0.25, 0.3) is 5.91 Å². The summed E-state index contributed by atoms with van der Waals surface area (Å²) in [5.74, 6) is 5.83. The Labute approximate surface area is 119 Å². The second-order valence-electron chi connectivity index (χ2n) is 4.78. The van der Waals surface area contributed by atoms with Crippen LogP contribution in [0, 0.1) is 11.8 Å². The van der Waals surface area contributed by atoms with E-state index in [1.165, 1.54) is 0 Å². The maximum atomic E-state index is 12.2. The molecule has 1 amide bonds. The molecule has 0 saturated carbocycles. The van der Waals surface area contributed by atoms with Crippen LogP contribution in [0.5, 0.6) is 0 Å². The summed E-state index contributed by atoms with van der Waals surface area (Å²) >= 11 is 0. The third-order valence-electron chi connectivity index (χ3n) is 3.48. The first-order valence-corrected chi connectivity index (χ1v) is 7.09. The molecule has 108 valence electrons. The van der Waals surface area contributed by atoms with Crippen LogP contribution in [0.3, 0.4) is 0 Å². The zero-order chi connectivity index (χ0) is 14.4. The molecular formula is C15H21N3O2. The van der Waals surface area contributed by atoms with Gasteiger partial charge in [0.15, 0.2) is 0 Å². The van der Waals surface area contributed by atoms with Gasteiger partial charge >= 0.3 is 0 Å². The van der Waals surface area contributed by atoms with Gasteiger partial charge in [-0.2, -0.15) is 5.10 Å². The average Bonchev–Trinajstić information content (AvgIpc) is 2.93. The highest BCUT2D eigenvalue weighted by molar-refractivity contribution is 5.95. The summed E-state index contributed by atoms with van der Waals surface area (Å²) in [5.41, 5.74) is 1.58. The number of aryl methyl sites for hydroxylation is 1. The molecule has 0 atom stereocenters. The first-order chi connectivity index (χ1) is 9.76. The van der Waals surface area contributed by atoms with E-state index in [9.17, 15) is 4.79 Å². The standard InChI is InChI=1S/C15H21N3O2/c1-3-5-8-16-15(19)13-11-18(4-2)17-14(13)12-6-9-20-10-7-12/h11-12H,4,6-10H2,1-2H3,(H,16,19). The fourth-order valence-corrected chi connectivity index (χ4v) is 2.35. The molecule has 5 nitrogen and oxygen atoms in total. The quantitative estimate of drug-likeness (QED) is 0.848. The minimum atomic E-state index is -0.0889. The van der Waals surface area contributed by atoms with E-state index in [4.69, 9.17) is 4.74 Å². The molecule has 2 heterocycles. The fourth-order valence-electron chi connectivity index (χ4n) is 2.35. The van der Waals surface area contributed by atoms with Gasteiger partial charge in [-0.15, -0.1) is 5.92 Å². The smallest absolute Gasteiger partial charge is 0.255 e. The third kappa shape index (κ3) is 3.40. The minimum absolute atomic E-state index is 0.0889. The summed E-state index contributed by atoms with van der Waals surface area (Å²) in [6.07, 6.45) is 3.69. The fraction of sp³-hybridized carbons (Fsp3) is 0.600. The van der Waals surface area contributed by atoms with Gasteiger partial charge in [0, 0.05) is 31.9 Å². The Morgan fingerprint density at radius 1 is 1.55 bits per heavy atom. The number of amides is 1. The highest BCUT2D eigenvalue weighted by Crippen LogP contribution is 2.28. The van der Waals surface area contributed by atoms with Gasteiger partial charge in [-0.1, -0.05) is 5.92 Å². The molecule has 0 unspecified atom stereocenters. The van der Waals surface area contributed by atoms with Gasteiger partial charge in [0.05, 0.1) is 17.8 Å². The number of hydrogen-bond acceptors (Lipinski definition) is 3. The Morgan fingerprint density at radius 2 is 2.30 bits per heavy atom. The SMILES string of the molecule is CC#CCNC(=O)c1cn(CC)nc1C1CCOCC1. The van der Waals surface area contributed by atoms with Crippen molar-refractivity contribution in [1.82, 2.24) is 15.1 Å². The van der Waals surface area contributed by atoms with Crippen molar-refractivity contribution in [3.63, 3.8) is 0 Å². The molecule has 1 aliphatic rings. The van der Waals surface area contributed by atoms with E-state index in [0.717, 1.165) is 38.3 Å². The lowest BCUT2D eigenvalue weighted by atomic mass is 9.94. The van der Waals surface area contributed by atoms with Gasteiger partial charge in [-0.25, -0.2) is 0 Å². The molecule has 0 aliphatic carbocycles. The summed E-state index contributed by atoms with van der Waals surface area (Å²) in [4.78, 5) is 12.2. The molecule has 0 spiro atoms. The minimum Gasteiger partial charge on any atom is -0.381 e. The number of hydrogen-bond donors (Lipinski definition) is 1. The monoisotopic (exact) mass is 275 g/mol. The Bertz CT molecular complexity index is 519. The molecule has 1 aromatic rings. The Hall–Kier alpha value is -1.80. The summed E-state index contributed by atoms with van der Waals surface area (Å²) in [7, 11) is 0. The molecule has 0 aromatic carbocycles. The van der Waals surface area contributed by atoms with Crippen molar-refractivity contribution in [1.29, 1.82) is 0 Å². The summed E-state index contributed by atoms with van der Waals surface area (Å²) < 4.78 is 7.21. The van der Waals surface area contributed by atoms with Crippen molar-refractivity contribution in [2.45, 2.75) is 39.2 Å². The molecule has 20 heavy (non-hydrogen) atoms. The second-order valence-corrected chi connectivity index (χ2v) is 4.78. The van der Waals surface area contributed by atoms with Crippen LogP contribution >= 0.6 is 0 Å². The van der Waals surface area contributed by atoms with Gasteiger partial charge in [0.2, 0.25) is 0 Å². The maximum absolute atomic E-state index is 12.2. The van der Waals surface area contributed by atoms with E-state index in [1.807, 2.05) is 17.8 Å². The normalized spacial score (nSPS) is 15.5. The van der Waals surface area contributed by atoms with Crippen molar-refractivity contribution < 1.29 is 9.53 Å². The van der Waals surface area contributed by atoms with E-state index in [1.54, 1.807) is 6.92 Å². The lowest BCUT2D eigenvalue weighted by Gasteiger charge is -2.21. The van der Waals surface area contributed by atoms with Crippen molar-refractivity contribution in [2.75, 3.05) is 19.8 Å². The van der Waals surface area contributed by atoms with Crippen molar-refractivity contribution in [2.24, 2.45) is 0 Å². The molecule has 2 rings (SSSR count). The lowest BCUT2D eigenvalue weighted by Crippen LogP contribution is -2.25. The van der Waals surface area contributed by atoms with Crippen molar-refractivity contribution in [3.05, 3.63) is 17.5 Å². The molecule has 1 saturated heterocycles. The van der Waals surface area contributed by atoms with Gasteiger partial charge in [-0.3, -0.25) is 9.48 Å². The molecule has 1 aliphatic heterocycles. The molecule has 1 N–H and O–H groups in total. The predicted octanol–water partition coefficient (Wildman–Crippen LogP) is 1.55. The van der Waals surface area contributed by atoms with Gasteiger partial charge < -0.3 is 10.1 Å². The Kier molecular flexibility index (Phi) is 5.19. The summed E-state index contributed by atoms with van der Waals surface area (Å²) in [6, 6.07) is 0. The number of rotatable bonds is 4. The van der Waals surface area contributed by atoms with Crippen LogP contribution in [-0.2, 0) is 11.3 Å². The topological polar surface area (TPSA) is 56.2 Å². The molecule has 5 heteroatoms. The third-order valence-corrected chi connectivity index (χ3v) is 3.48. The number of nitrogens with zero attached hydrogens (tertiary/aromatic N) is 2. The van der Waals surface area contributed by atoms with Crippen molar-refractivity contribution >= 4 is 5.91 Å². The first kappa shape index (κ1) is 14.6. The van der Waals surface area contributed by atoms with E-state index in [0.29, 0.717) is 18.0 Å². The highest BCUT2D eigenvalue weighted by atomic mass is 16.5.